The monoisotopic (exact) mass is 252 g/mol. The van der Waals surface area contributed by atoms with Gasteiger partial charge in [0.25, 0.3) is 0 Å². The van der Waals surface area contributed by atoms with Gasteiger partial charge in [-0.25, -0.2) is 0 Å². The Labute approximate surface area is 114 Å². The fourth-order valence-electron chi connectivity index (χ4n) is 3.86. The second-order valence-electron chi connectivity index (χ2n) is 6.80. The van der Waals surface area contributed by atoms with Crippen molar-refractivity contribution in [3.8, 4) is 0 Å². The number of nitrogens with one attached hydrogen (secondary N) is 1. The van der Waals surface area contributed by atoms with E-state index in [9.17, 15) is 0 Å². The first kappa shape index (κ1) is 14.3. The van der Waals surface area contributed by atoms with Gasteiger partial charge < -0.3 is 10.2 Å². The van der Waals surface area contributed by atoms with Gasteiger partial charge in [-0.15, -0.1) is 0 Å². The molecule has 0 amide bonds. The number of hydrogen-bond donors (Lipinski definition) is 1. The molecule has 1 saturated carbocycles. The van der Waals surface area contributed by atoms with Crippen molar-refractivity contribution in [2.75, 3.05) is 32.7 Å². The van der Waals surface area contributed by atoms with E-state index >= 15 is 0 Å². The highest BCUT2D eigenvalue weighted by molar-refractivity contribution is 4.89. The van der Waals surface area contributed by atoms with Crippen LogP contribution in [0.15, 0.2) is 0 Å². The van der Waals surface area contributed by atoms with Crippen LogP contribution in [0.1, 0.15) is 58.8 Å². The molecule has 1 heterocycles. The van der Waals surface area contributed by atoms with Gasteiger partial charge >= 0.3 is 0 Å². The molecule has 0 aromatic carbocycles. The summed E-state index contributed by atoms with van der Waals surface area (Å²) in [6.07, 6.45) is 10.1. The van der Waals surface area contributed by atoms with Gasteiger partial charge in [-0.1, -0.05) is 26.7 Å². The lowest BCUT2D eigenvalue weighted by atomic mass is 9.85. The van der Waals surface area contributed by atoms with Crippen molar-refractivity contribution < 1.29 is 0 Å². The van der Waals surface area contributed by atoms with E-state index in [1.54, 1.807) is 0 Å². The summed E-state index contributed by atoms with van der Waals surface area (Å²) < 4.78 is 0. The predicted octanol–water partition coefficient (Wildman–Crippen LogP) is 3.28. The largest absolute Gasteiger partial charge is 0.316 e. The van der Waals surface area contributed by atoms with Crippen LogP contribution in [-0.2, 0) is 0 Å². The van der Waals surface area contributed by atoms with Gasteiger partial charge in [0.15, 0.2) is 0 Å². The molecule has 2 heteroatoms. The molecule has 0 radical (unpaired) electrons. The maximum Gasteiger partial charge on any atom is 0.00501 e. The van der Waals surface area contributed by atoms with Crippen LogP contribution in [0.2, 0.25) is 0 Å². The Hall–Kier alpha value is -0.0800. The Balaban J connectivity index is 1.87. The molecule has 0 spiro atoms. The molecule has 0 aromatic heterocycles. The fourth-order valence-corrected chi connectivity index (χ4v) is 3.86. The molecule has 1 saturated heterocycles. The Bertz CT molecular complexity index is 233. The standard InChI is InChI=1S/C16H32N2/c1-3-17-13-16(9-4-5-10-16)14-18-11-6-7-15(2)8-12-18/h15,17H,3-14H2,1-2H3. The van der Waals surface area contributed by atoms with E-state index in [1.807, 2.05) is 0 Å². The van der Waals surface area contributed by atoms with E-state index in [0.29, 0.717) is 5.41 Å². The summed E-state index contributed by atoms with van der Waals surface area (Å²) in [6.45, 7) is 11.1. The van der Waals surface area contributed by atoms with E-state index in [2.05, 4.69) is 24.1 Å². The molecule has 0 aromatic rings. The SMILES string of the molecule is CCNCC1(CN2CCCC(C)CC2)CCCC1. The summed E-state index contributed by atoms with van der Waals surface area (Å²) in [6, 6.07) is 0. The first-order valence-corrected chi connectivity index (χ1v) is 8.17. The van der Waals surface area contributed by atoms with E-state index in [1.165, 1.54) is 71.1 Å². The van der Waals surface area contributed by atoms with Crippen LogP contribution in [0.5, 0.6) is 0 Å². The van der Waals surface area contributed by atoms with Crippen molar-refractivity contribution in [2.24, 2.45) is 11.3 Å². The van der Waals surface area contributed by atoms with Crippen LogP contribution in [0.25, 0.3) is 0 Å². The second kappa shape index (κ2) is 6.91. The van der Waals surface area contributed by atoms with Gasteiger partial charge in [0.1, 0.15) is 0 Å². The van der Waals surface area contributed by atoms with E-state index in [4.69, 9.17) is 0 Å². The Morgan fingerprint density at radius 1 is 1.11 bits per heavy atom. The fraction of sp³-hybridized carbons (Fsp3) is 1.00. The van der Waals surface area contributed by atoms with Gasteiger partial charge in [-0.05, 0) is 63.1 Å². The molecule has 1 aliphatic heterocycles. The molecule has 1 atom stereocenters. The zero-order valence-corrected chi connectivity index (χ0v) is 12.5. The highest BCUT2D eigenvalue weighted by Crippen LogP contribution is 2.38. The summed E-state index contributed by atoms with van der Waals surface area (Å²) >= 11 is 0. The third-order valence-electron chi connectivity index (χ3n) is 5.08. The smallest absolute Gasteiger partial charge is 0.00501 e. The minimum absolute atomic E-state index is 0.601. The first-order chi connectivity index (χ1) is 8.74. The number of nitrogens with zero attached hydrogens (tertiary/aromatic N) is 1. The topological polar surface area (TPSA) is 15.3 Å². The quantitative estimate of drug-likeness (QED) is 0.808. The number of rotatable bonds is 5. The average molecular weight is 252 g/mol. The minimum Gasteiger partial charge on any atom is -0.316 e. The van der Waals surface area contributed by atoms with Gasteiger partial charge in [0.05, 0.1) is 0 Å². The van der Waals surface area contributed by atoms with Crippen molar-refractivity contribution in [3.63, 3.8) is 0 Å². The molecule has 2 nitrogen and oxygen atoms in total. The molecule has 0 bridgehead atoms. The van der Waals surface area contributed by atoms with E-state index in [-0.39, 0.29) is 0 Å². The van der Waals surface area contributed by atoms with Crippen molar-refractivity contribution in [1.29, 1.82) is 0 Å². The maximum atomic E-state index is 3.62. The lowest BCUT2D eigenvalue weighted by Gasteiger charge is -2.35. The van der Waals surface area contributed by atoms with E-state index < -0.39 is 0 Å². The van der Waals surface area contributed by atoms with Crippen molar-refractivity contribution in [1.82, 2.24) is 10.2 Å². The van der Waals surface area contributed by atoms with Crippen molar-refractivity contribution >= 4 is 0 Å². The van der Waals surface area contributed by atoms with Crippen molar-refractivity contribution in [2.45, 2.75) is 58.8 Å². The average Bonchev–Trinajstić information content (AvgIpc) is 2.73. The van der Waals surface area contributed by atoms with Gasteiger partial charge in [-0.3, -0.25) is 0 Å². The molecule has 2 aliphatic rings. The normalized spacial score (nSPS) is 29.3. The molecule has 1 unspecified atom stereocenters. The summed E-state index contributed by atoms with van der Waals surface area (Å²) in [4.78, 5) is 2.77. The Kier molecular flexibility index (Phi) is 5.50. The highest BCUT2D eigenvalue weighted by atomic mass is 15.1. The summed E-state index contributed by atoms with van der Waals surface area (Å²) in [7, 11) is 0. The molecule has 1 N–H and O–H groups in total. The van der Waals surface area contributed by atoms with Gasteiger partial charge in [0, 0.05) is 13.1 Å². The van der Waals surface area contributed by atoms with Gasteiger partial charge in [-0.2, -0.15) is 0 Å². The third-order valence-corrected chi connectivity index (χ3v) is 5.08. The summed E-state index contributed by atoms with van der Waals surface area (Å²) in [5.74, 6) is 0.947. The lowest BCUT2D eigenvalue weighted by molar-refractivity contribution is 0.152. The van der Waals surface area contributed by atoms with Crippen LogP contribution in [0, 0.1) is 11.3 Å². The molecule has 2 fully saturated rings. The highest BCUT2D eigenvalue weighted by Gasteiger charge is 2.35. The second-order valence-corrected chi connectivity index (χ2v) is 6.80. The lowest BCUT2D eigenvalue weighted by Crippen LogP contribution is -2.43. The maximum absolute atomic E-state index is 3.62. The zero-order chi connectivity index (χ0) is 12.8. The van der Waals surface area contributed by atoms with Crippen LogP contribution in [0.4, 0.5) is 0 Å². The Morgan fingerprint density at radius 3 is 2.61 bits per heavy atom. The van der Waals surface area contributed by atoms with Crippen LogP contribution < -0.4 is 5.32 Å². The Morgan fingerprint density at radius 2 is 1.89 bits per heavy atom. The summed E-state index contributed by atoms with van der Waals surface area (Å²) in [5.41, 5.74) is 0.601. The van der Waals surface area contributed by atoms with E-state index in [0.717, 1.165) is 12.5 Å². The van der Waals surface area contributed by atoms with Crippen LogP contribution in [0.3, 0.4) is 0 Å². The number of hydrogen-bond acceptors (Lipinski definition) is 2. The molecule has 106 valence electrons. The molecular weight excluding hydrogens is 220 g/mol. The molecular formula is C16H32N2. The van der Waals surface area contributed by atoms with Crippen molar-refractivity contribution in [3.05, 3.63) is 0 Å². The zero-order valence-electron chi connectivity index (χ0n) is 12.5. The van der Waals surface area contributed by atoms with Gasteiger partial charge in [0.2, 0.25) is 0 Å². The van der Waals surface area contributed by atoms with Crippen LogP contribution >= 0.6 is 0 Å². The molecule has 18 heavy (non-hydrogen) atoms. The van der Waals surface area contributed by atoms with Crippen LogP contribution in [-0.4, -0.2) is 37.6 Å². The minimum atomic E-state index is 0.601. The molecule has 2 rings (SSSR count). The number of likely N-dealkylation sites (tertiary alicyclic amines) is 1. The summed E-state index contributed by atoms with van der Waals surface area (Å²) in [5, 5.41) is 3.62. The first-order valence-electron chi connectivity index (χ1n) is 8.17. The predicted molar refractivity (Wildman–Crippen MR) is 78.9 cm³/mol. The molecule has 1 aliphatic carbocycles. The third kappa shape index (κ3) is 3.96.